The number of nitrogens with zero attached hydrogens (tertiary/aromatic N) is 1. The smallest absolute Gasteiger partial charge is 0.270 e. The summed E-state index contributed by atoms with van der Waals surface area (Å²) in [6.45, 7) is 2.76. The van der Waals surface area contributed by atoms with Crippen molar-refractivity contribution < 1.29 is 9.53 Å². The van der Waals surface area contributed by atoms with Crippen molar-refractivity contribution in [2.24, 2.45) is 0 Å². The monoisotopic (exact) mass is 389 g/mol. The molecule has 1 saturated heterocycles. The topological polar surface area (TPSA) is 29.5 Å². The molecule has 1 heterocycles. The molecule has 3 rings (SSSR count). The van der Waals surface area contributed by atoms with Gasteiger partial charge in [0.1, 0.15) is 5.75 Å². The maximum atomic E-state index is 12.7. The molecule has 2 aromatic carbocycles. The molecular formula is C19H16ClNO2S2. The minimum absolute atomic E-state index is 0.122. The number of carbonyl (C=O) groups is 1. The van der Waals surface area contributed by atoms with Gasteiger partial charge in [-0.05, 0) is 54.5 Å². The van der Waals surface area contributed by atoms with Gasteiger partial charge in [0.2, 0.25) is 0 Å². The molecule has 0 spiro atoms. The predicted molar refractivity (Wildman–Crippen MR) is 109 cm³/mol. The number of hydrogen-bond donors (Lipinski definition) is 0. The molecule has 1 fully saturated rings. The predicted octanol–water partition coefficient (Wildman–Crippen LogP) is 5.53. The molecule has 0 aromatic heterocycles. The second-order valence-corrected chi connectivity index (χ2v) is 7.52. The highest BCUT2D eigenvalue weighted by molar-refractivity contribution is 8.27. The Kier molecular flexibility index (Phi) is 5.78. The molecule has 128 valence electrons. The van der Waals surface area contributed by atoms with Crippen LogP contribution in [0, 0.1) is 0 Å². The van der Waals surface area contributed by atoms with Gasteiger partial charge in [0.05, 0.1) is 17.2 Å². The number of carbonyl (C=O) groups excluding carboxylic acids is 1. The SMILES string of the molecule is CCCOc1ccc(/C=C2/SC(=S)N(c3ccc(Cl)cc3)C2=O)cc1. The number of benzene rings is 2. The summed E-state index contributed by atoms with van der Waals surface area (Å²) in [7, 11) is 0. The van der Waals surface area contributed by atoms with Gasteiger partial charge < -0.3 is 4.74 Å². The summed E-state index contributed by atoms with van der Waals surface area (Å²) in [5, 5.41) is 0.620. The lowest BCUT2D eigenvalue weighted by molar-refractivity contribution is -0.113. The van der Waals surface area contributed by atoms with Gasteiger partial charge in [-0.25, -0.2) is 0 Å². The van der Waals surface area contributed by atoms with Crippen molar-refractivity contribution in [3.05, 3.63) is 64.0 Å². The molecule has 1 aliphatic rings. The summed E-state index contributed by atoms with van der Waals surface area (Å²) < 4.78 is 6.09. The largest absolute Gasteiger partial charge is 0.494 e. The molecule has 0 saturated carbocycles. The molecule has 2 aromatic rings. The maximum Gasteiger partial charge on any atom is 0.270 e. The van der Waals surface area contributed by atoms with E-state index in [1.807, 2.05) is 30.3 Å². The third-order valence-corrected chi connectivity index (χ3v) is 5.08. The highest BCUT2D eigenvalue weighted by Gasteiger charge is 2.33. The van der Waals surface area contributed by atoms with E-state index in [0.717, 1.165) is 23.4 Å². The fourth-order valence-electron chi connectivity index (χ4n) is 2.31. The summed E-state index contributed by atoms with van der Waals surface area (Å²) >= 11 is 12.6. The first-order valence-corrected chi connectivity index (χ1v) is 9.45. The van der Waals surface area contributed by atoms with Crippen molar-refractivity contribution in [3.8, 4) is 5.75 Å². The van der Waals surface area contributed by atoms with Crippen LogP contribution in [0.2, 0.25) is 5.02 Å². The van der Waals surface area contributed by atoms with Crippen LogP contribution in [0.15, 0.2) is 53.4 Å². The number of rotatable bonds is 5. The Balaban J connectivity index is 1.79. The molecule has 0 aliphatic carbocycles. The third kappa shape index (κ3) is 4.24. The first kappa shape index (κ1) is 18.0. The second kappa shape index (κ2) is 8.04. The minimum atomic E-state index is -0.122. The normalized spacial score (nSPS) is 15.9. The van der Waals surface area contributed by atoms with Gasteiger partial charge in [0, 0.05) is 5.02 Å². The Bertz CT molecular complexity index is 816. The summed E-state index contributed by atoms with van der Waals surface area (Å²) in [6.07, 6.45) is 2.81. The zero-order valence-corrected chi connectivity index (χ0v) is 16.0. The molecule has 1 aliphatic heterocycles. The summed E-state index contributed by atoms with van der Waals surface area (Å²) in [5.74, 6) is 0.705. The average Bonchev–Trinajstić information content (AvgIpc) is 2.89. The number of halogens is 1. The molecule has 1 amide bonds. The number of thioether (sulfide) groups is 1. The number of hydrogen-bond acceptors (Lipinski definition) is 4. The third-order valence-electron chi connectivity index (χ3n) is 3.53. The summed E-state index contributed by atoms with van der Waals surface area (Å²) in [4.78, 5) is 14.8. The van der Waals surface area contributed by atoms with Gasteiger partial charge in [-0.15, -0.1) is 0 Å². The average molecular weight is 390 g/mol. The van der Waals surface area contributed by atoms with E-state index in [4.69, 9.17) is 28.6 Å². The van der Waals surface area contributed by atoms with Crippen LogP contribution in [0.25, 0.3) is 6.08 Å². The Morgan fingerprint density at radius 1 is 1.16 bits per heavy atom. The zero-order chi connectivity index (χ0) is 17.8. The van der Waals surface area contributed by atoms with Gasteiger partial charge >= 0.3 is 0 Å². The van der Waals surface area contributed by atoms with Gasteiger partial charge in [0.25, 0.3) is 5.91 Å². The van der Waals surface area contributed by atoms with E-state index in [1.54, 1.807) is 24.3 Å². The number of amides is 1. The van der Waals surface area contributed by atoms with Crippen molar-refractivity contribution in [1.82, 2.24) is 0 Å². The van der Waals surface area contributed by atoms with E-state index in [9.17, 15) is 4.79 Å². The lowest BCUT2D eigenvalue weighted by Gasteiger charge is -2.14. The molecule has 0 unspecified atom stereocenters. The second-order valence-electron chi connectivity index (χ2n) is 5.41. The zero-order valence-electron chi connectivity index (χ0n) is 13.6. The fraction of sp³-hybridized carbons (Fsp3) is 0.158. The lowest BCUT2D eigenvalue weighted by Crippen LogP contribution is -2.27. The molecule has 0 bridgehead atoms. The van der Waals surface area contributed by atoms with Gasteiger partial charge in [-0.2, -0.15) is 0 Å². The van der Waals surface area contributed by atoms with Crippen LogP contribution in [-0.4, -0.2) is 16.8 Å². The van der Waals surface area contributed by atoms with Gasteiger partial charge in [-0.3, -0.25) is 9.69 Å². The first-order chi connectivity index (χ1) is 12.1. The van der Waals surface area contributed by atoms with Gasteiger partial charge in [0.15, 0.2) is 4.32 Å². The number of thiocarbonyl (C=S) groups is 1. The van der Waals surface area contributed by atoms with Crippen LogP contribution in [0.3, 0.4) is 0 Å². The summed E-state index contributed by atoms with van der Waals surface area (Å²) in [5.41, 5.74) is 1.65. The van der Waals surface area contributed by atoms with Crippen LogP contribution in [0.1, 0.15) is 18.9 Å². The number of anilines is 1. The lowest BCUT2D eigenvalue weighted by atomic mass is 10.2. The first-order valence-electron chi connectivity index (χ1n) is 7.85. The molecule has 25 heavy (non-hydrogen) atoms. The highest BCUT2D eigenvalue weighted by atomic mass is 35.5. The molecule has 0 atom stereocenters. The Morgan fingerprint density at radius 2 is 1.84 bits per heavy atom. The van der Waals surface area contributed by atoms with E-state index >= 15 is 0 Å². The van der Waals surface area contributed by atoms with Crippen LogP contribution >= 0.6 is 35.6 Å². The minimum Gasteiger partial charge on any atom is -0.494 e. The van der Waals surface area contributed by atoms with Crippen molar-refractivity contribution in [2.75, 3.05) is 11.5 Å². The Hall–Kier alpha value is -1.82. The quantitative estimate of drug-likeness (QED) is 0.496. The Morgan fingerprint density at radius 3 is 2.48 bits per heavy atom. The summed E-state index contributed by atoms with van der Waals surface area (Å²) in [6, 6.07) is 14.7. The van der Waals surface area contributed by atoms with Crippen molar-refractivity contribution in [2.45, 2.75) is 13.3 Å². The van der Waals surface area contributed by atoms with Crippen molar-refractivity contribution in [3.63, 3.8) is 0 Å². The van der Waals surface area contributed by atoms with Crippen LogP contribution in [0.5, 0.6) is 5.75 Å². The molecule has 6 heteroatoms. The van der Waals surface area contributed by atoms with Crippen LogP contribution in [-0.2, 0) is 4.79 Å². The van der Waals surface area contributed by atoms with E-state index < -0.39 is 0 Å². The molecule has 0 radical (unpaired) electrons. The van der Waals surface area contributed by atoms with E-state index in [0.29, 0.717) is 20.9 Å². The maximum absolute atomic E-state index is 12.7. The van der Waals surface area contributed by atoms with Crippen molar-refractivity contribution in [1.29, 1.82) is 0 Å². The van der Waals surface area contributed by atoms with Crippen molar-refractivity contribution >= 4 is 57.6 Å². The van der Waals surface area contributed by atoms with E-state index in [2.05, 4.69) is 6.92 Å². The van der Waals surface area contributed by atoms with E-state index in [1.165, 1.54) is 16.7 Å². The number of ether oxygens (including phenoxy) is 1. The van der Waals surface area contributed by atoms with Gasteiger partial charge in [-0.1, -0.05) is 54.6 Å². The highest BCUT2D eigenvalue weighted by Crippen LogP contribution is 2.36. The van der Waals surface area contributed by atoms with Crippen LogP contribution in [0.4, 0.5) is 5.69 Å². The fourth-order valence-corrected chi connectivity index (χ4v) is 3.74. The molecule has 3 nitrogen and oxygen atoms in total. The molecule has 0 N–H and O–H groups in total. The van der Waals surface area contributed by atoms with Crippen LogP contribution < -0.4 is 9.64 Å². The van der Waals surface area contributed by atoms with E-state index in [-0.39, 0.29) is 5.91 Å². The molecular weight excluding hydrogens is 374 g/mol. The standard InChI is InChI=1S/C19H16ClNO2S2/c1-2-11-23-16-9-3-13(4-10-16)12-17-18(22)21(19(24)25-17)15-7-5-14(20)6-8-15/h3-10,12H,2,11H2,1H3/b17-12+. The Labute approximate surface area is 161 Å².